The Morgan fingerprint density at radius 1 is 1.35 bits per heavy atom. The van der Waals surface area contributed by atoms with Gasteiger partial charge in [0.05, 0.1) is 7.11 Å². The van der Waals surface area contributed by atoms with Crippen LogP contribution in [0.5, 0.6) is 5.75 Å². The molecule has 0 spiro atoms. The molecule has 2 unspecified atom stereocenters. The zero-order valence-electron chi connectivity index (χ0n) is 12.8. The van der Waals surface area contributed by atoms with E-state index < -0.39 is 0 Å². The Kier molecular flexibility index (Phi) is 8.19. The first kappa shape index (κ1) is 17.5. The molecule has 0 saturated heterocycles. The standard InChI is InChI=1S/C16H27BrN2O/c1-4-6-7-12(5-2)16(19-18)11-13-10-14(20-3)8-9-15(13)17/h8-10,12,16,19H,4-7,11,18H2,1-3H3. The van der Waals surface area contributed by atoms with Gasteiger partial charge in [-0.1, -0.05) is 49.0 Å². The van der Waals surface area contributed by atoms with Gasteiger partial charge in [0.25, 0.3) is 0 Å². The van der Waals surface area contributed by atoms with Crippen molar-refractivity contribution in [3.63, 3.8) is 0 Å². The van der Waals surface area contributed by atoms with E-state index in [1.54, 1.807) is 7.11 Å². The number of rotatable bonds is 9. The van der Waals surface area contributed by atoms with E-state index in [0.717, 1.165) is 23.1 Å². The highest BCUT2D eigenvalue weighted by Crippen LogP contribution is 2.26. The lowest BCUT2D eigenvalue weighted by molar-refractivity contribution is 0.318. The Balaban J connectivity index is 2.80. The number of ether oxygens (including phenoxy) is 1. The van der Waals surface area contributed by atoms with Crippen LogP contribution in [0.1, 0.15) is 45.1 Å². The third-order valence-electron chi connectivity index (χ3n) is 3.93. The minimum absolute atomic E-state index is 0.301. The Bertz CT molecular complexity index is 398. The monoisotopic (exact) mass is 342 g/mol. The number of methoxy groups -OCH3 is 1. The van der Waals surface area contributed by atoms with E-state index in [0.29, 0.717) is 12.0 Å². The lowest BCUT2D eigenvalue weighted by atomic mass is 9.88. The molecule has 114 valence electrons. The van der Waals surface area contributed by atoms with Crippen LogP contribution >= 0.6 is 15.9 Å². The molecule has 0 aliphatic heterocycles. The van der Waals surface area contributed by atoms with E-state index in [9.17, 15) is 0 Å². The fraction of sp³-hybridized carbons (Fsp3) is 0.625. The van der Waals surface area contributed by atoms with Crippen molar-refractivity contribution in [1.82, 2.24) is 5.43 Å². The number of benzene rings is 1. The van der Waals surface area contributed by atoms with Gasteiger partial charge in [-0.15, -0.1) is 0 Å². The van der Waals surface area contributed by atoms with Crippen LogP contribution in [0.2, 0.25) is 0 Å². The second-order valence-corrected chi connectivity index (χ2v) is 6.10. The molecule has 0 heterocycles. The van der Waals surface area contributed by atoms with Crippen molar-refractivity contribution < 1.29 is 4.74 Å². The molecule has 1 rings (SSSR count). The van der Waals surface area contributed by atoms with Crippen molar-refractivity contribution in [3.05, 3.63) is 28.2 Å². The fourth-order valence-electron chi connectivity index (χ4n) is 2.59. The van der Waals surface area contributed by atoms with Gasteiger partial charge < -0.3 is 4.74 Å². The summed E-state index contributed by atoms with van der Waals surface area (Å²) < 4.78 is 6.42. The Labute approximate surface area is 131 Å². The Morgan fingerprint density at radius 2 is 2.10 bits per heavy atom. The number of hydrogen-bond acceptors (Lipinski definition) is 3. The molecule has 1 aromatic carbocycles. The molecule has 1 aromatic rings. The summed E-state index contributed by atoms with van der Waals surface area (Å²) in [7, 11) is 1.70. The summed E-state index contributed by atoms with van der Waals surface area (Å²) >= 11 is 3.62. The molecule has 4 heteroatoms. The normalized spacial score (nSPS) is 14.1. The summed E-state index contributed by atoms with van der Waals surface area (Å²) in [6, 6.07) is 6.39. The van der Waals surface area contributed by atoms with Crippen molar-refractivity contribution in [3.8, 4) is 5.75 Å². The van der Waals surface area contributed by atoms with Crippen molar-refractivity contribution >= 4 is 15.9 Å². The van der Waals surface area contributed by atoms with E-state index >= 15 is 0 Å². The van der Waals surface area contributed by atoms with Crippen molar-refractivity contribution in [2.24, 2.45) is 11.8 Å². The number of halogens is 1. The number of nitrogens with two attached hydrogens (primary N) is 1. The first-order valence-corrected chi connectivity index (χ1v) is 8.24. The van der Waals surface area contributed by atoms with Crippen LogP contribution in [0, 0.1) is 5.92 Å². The number of hydrogen-bond donors (Lipinski definition) is 2. The lowest BCUT2D eigenvalue weighted by Gasteiger charge is -2.26. The first-order chi connectivity index (χ1) is 9.65. The second-order valence-electron chi connectivity index (χ2n) is 5.25. The largest absolute Gasteiger partial charge is 0.497 e. The maximum absolute atomic E-state index is 5.79. The van der Waals surface area contributed by atoms with Gasteiger partial charge >= 0.3 is 0 Å². The third kappa shape index (κ3) is 5.08. The highest BCUT2D eigenvalue weighted by molar-refractivity contribution is 9.10. The lowest BCUT2D eigenvalue weighted by Crippen LogP contribution is -2.42. The molecule has 0 aliphatic carbocycles. The topological polar surface area (TPSA) is 47.3 Å². The molecule has 0 saturated carbocycles. The minimum Gasteiger partial charge on any atom is -0.497 e. The molecule has 3 N–H and O–H groups in total. The van der Waals surface area contributed by atoms with Gasteiger partial charge in [0, 0.05) is 10.5 Å². The molecular weight excluding hydrogens is 316 g/mol. The molecular formula is C16H27BrN2O. The predicted octanol–water partition coefficient (Wildman–Crippen LogP) is 4.05. The average molecular weight is 343 g/mol. The molecule has 0 amide bonds. The summed E-state index contributed by atoms with van der Waals surface area (Å²) in [4.78, 5) is 0. The zero-order chi connectivity index (χ0) is 15.0. The summed E-state index contributed by atoms with van der Waals surface area (Å²) in [5.74, 6) is 7.29. The molecule has 2 atom stereocenters. The minimum atomic E-state index is 0.301. The summed E-state index contributed by atoms with van der Waals surface area (Å²) in [5, 5.41) is 0. The van der Waals surface area contributed by atoms with Crippen molar-refractivity contribution in [2.75, 3.05) is 7.11 Å². The van der Waals surface area contributed by atoms with Crippen molar-refractivity contribution in [2.45, 2.75) is 52.0 Å². The van der Waals surface area contributed by atoms with Crippen LogP contribution in [-0.4, -0.2) is 13.2 Å². The average Bonchev–Trinajstić information content (AvgIpc) is 2.48. The van der Waals surface area contributed by atoms with Gasteiger partial charge in [-0.05, 0) is 42.5 Å². The molecule has 20 heavy (non-hydrogen) atoms. The van der Waals surface area contributed by atoms with Gasteiger partial charge in [-0.3, -0.25) is 11.3 Å². The van der Waals surface area contributed by atoms with Gasteiger partial charge in [0.1, 0.15) is 5.75 Å². The Hall–Kier alpha value is -0.580. The van der Waals surface area contributed by atoms with E-state index in [-0.39, 0.29) is 0 Å². The Morgan fingerprint density at radius 3 is 2.65 bits per heavy atom. The smallest absolute Gasteiger partial charge is 0.119 e. The highest BCUT2D eigenvalue weighted by Gasteiger charge is 2.20. The zero-order valence-corrected chi connectivity index (χ0v) is 14.4. The highest BCUT2D eigenvalue weighted by atomic mass is 79.9. The third-order valence-corrected chi connectivity index (χ3v) is 4.70. The number of hydrazine groups is 1. The summed E-state index contributed by atoms with van der Waals surface area (Å²) in [5.41, 5.74) is 4.25. The quantitative estimate of drug-likeness (QED) is 0.525. The predicted molar refractivity (Wildman–Crippen MR) is 88.8 cm³/mol. The molecule has 0 fully saturated rings. The molecule has 0 aliphatic rings. The number of nitrogens with one attached hydrogen (secondary N) is 1. The SMILES string of the molecule is CCCCC(CC)C(Cc1cc(OC)ccc1Br)NN. The first-order valence-electron chi connectivity index (χ1n) is 7.44. The summed E-state index contributed by atoms with van der Waals surface area (Å²) in [6.45, 7) is 4.47. The van der Waals surface area contributed by atoms with E-state index in [1.165, 1.54) is 24.8 Å². The molecule has 0 bridgehead atoms. The van der Waals surface area contributed by atoms with Gasteiger partial charge in [0.15, 0.2) is 0 Å². The van der Waals surface area contributed by atoms with E-state index in [4.69, 9.17) is 10.6 Å². The second kappa shape index (κ2) is 9.37. The maximum Gasteiger partial charge on any atom is 0.119 e. The van der Waals surface area contributed by atoms with Crippen LogP contribution in [0.3, 0.4) is 0 Å². The van der Waals surface area contributed by atoms with E-state index in [1.807, 2.05) is 12.1 Å². The van der Waals surface area contributed by atoms with Crippen molar-refractivity contribution in [1.29, 1.82) is 0 Å². The van der Waals surface area contributed by atoms with Gasteiger partial charge in [0.2, 0.25) is 0 Å². The maximum atomic E-state index is 5.79. The van der Waals surface area contributed by atoms with Crippen LogP contribution in [0.4, 0.5) is 0 Å². The van der Waals surface area contributed by atoms with E-state index in [2.05, 4.69) is 41.3 Å². The molecule has 0 aromatic heterocycles. The van der Waals surface area contributed by atoms with Crippen LogP contribution < -0.4 is 16.0 Å². The van der Waals surface area contributed by atoms with Crippen LogP contribution in [-0.2, 0) is 6.42 Å². The van der Waals surface area contributed by atoms with Gasteiger partial charge in [-0.25, -0.2) is 0 Å². The van der Waals surface area contributed by atoms with Crippen LogP contribution in [0.25, 0.3) is 0 Å². The fourth-order valence-corrected chi connectivity index (χ4v) is 3.00. The van der Waals surface area contributed by atoms with Gasteiger partial charge in [-0.2, -0.15) is 0 Å². The molecule has 3 nitrogen and oxygen atoms in total. The number of unbranched alkanes of at least 4 members (excludes halogenated alkanes) is 1. The molecule has 0 radical (unpaired) electrons. The summed E-state index contributed by atoms with van der Waals surface area (Å²) in [6.07, 6.45) is 5.78. The van der Waals surface area contributed by atoms with Crippen LogP contribution in [0.15, 0.2) is 22.7 Å².